The molecule has 0 saturated heterocycles. The fourth-order valence-electron chi connectivity index (χ4n) is 0.927. The summed E-state index contributed by atoms with van der Waals surface area (Å²) in [6.07, 6.45) is 2.59. The summed E-state index contributed by atoms with van der Waals surface area (Å²) >= 11 is 0. The standard InChI is InChI=1S/C10H14N2O3/c1-7(2)15-6-10(14)12-8-3-9(13)5-11-4-8/h3-5,7,13H,6H2,1-2H3,(H,12,14)/p-1. The third kappa shape index (κ3) is 4.42. The summed E-state index contributed by atoms with van der Waals surface area (Å²) in [6, 6.07) is 1.31. The minimum absolute atomic E-state index is 0.000261. The van der Waals surface area contributed by atoms with Gasteiger partial charge in [0.15, 0.2) is 0 Å². The van der Waals surface area contributed by atoms with Gasteiger partial charge >= 0.3 is 0 Å². The first-order valence-electron chi connectivity index (χ1n) is 4.61. The van der Waals surface area contributed by atoms with Crippen LogP contribution in [0.15, 0.2) is 18.5 Å². The van der Waals surface area contributed by atoms with Crippen LogP contribution in [-0.4, -0.2) is 23.6 Å². The molecule has 15 heavy (non-hydrogen) atoms. The Balaban J connectivity index is 2.44. The number of nitrogens with one attached hydrogen (secondary N) is 1. The van der Waals surface area contributed by atoms with Crippen LogP contribution in [0.2, 0.25) is 0 Å². The molecule has 82 valence electrons. The van der Waals surface area contributed by atoms with Gasteiger partial charge in [0.25, 0.3) is 0 Å². The first-order valence-corrected chi connectivity index (χ1v) is 4.61. The smallest absolute Gasteiger partial charge is 0.250 e. The second-order valence-corrected chi connectivity index (χ2v) is 3.32. The minimum atomic E-state index is -0.295. The van der Waals surface area contributed by atoms with E-state index in [4.69, 9.17) is 4.74 Å². The number of carbonyl (C=O) groups is 1. The van der Waals surface area contributed by atoms with Gasteiger partial charge in [-0.05, 0) is 19.9 Å². The van der Waals surface area contributed by atoms with Gasteiger partial charge < -0.3 is 15.2 Å². The molecule has 0 aliphatic rings. The first-order chi connectivity index (χ1) is 7.08. The summed E-state index contributed by atoms with van der Waals surface area (Å²) in [4.78, 5) is 14.9. The summed E-state index contributed by atoms with van der Waals surface area (Å²) in [5, 5.41) is 13.4. The maximum absolute atomic E-state index is 11.3. The number of hydrogen-bond acceptors (Lipinski definition) is 4. The molecule has 1 heterocycles. The van der Waals surface area contributed by atoms with Gasteiger partial charge in [0.05, 0.1) is 18.0 Å². The summed E-state index contributed by atoms with van der Waals surface area (Å²) in [6.45, 7) is 3.65. The van der Waals surface area contributed by atoms with Crippen molar-refractivity contribution in [1.29, 1.82) is 0 Å². The number of ether oxygens (including phenoxy) is 1. The Morgan fingerprint density at radius 3 is 2.93 bits per heavy atom. The molecule has 0 fully saturated rings. The maximum atomic E-state index is 11.3. The van der Waals surface area contributed by atoms with Crippen LogP contribution in [0.5, 0.6) is 5.75 Å². The van der Waals surface area contributed by atoms with E-state index in [1.54, 1.807) is 0 Å². The van der Waals surface area contributed by atoms with Crippen molar-refractivity contribution in [1.82, 2.24) is 4.98 Å². The fraction of sp³-hybridized carbons (Fsp3) is 0.400. The predicted octanol–water partition coefficient (Wildman–Crippen LogP) is 0.519. The number of hydrogen-bond donors (Lipinski definition) is 1. The average Bonchev–Trinajstić information content (AvgIpc) is 2.15. The lowest BCUT2D eigenvalue weighted by molar-refractivity contribution is -0.268. The van der Waals surface area contributed by atoms with E-state index >= 15 is 0 Å². The van der Waals surface area contributed by atoms with Crippen LogP contribution in [0, 0.1) is 0 Å². The molecule has 0 unspecified atom stereocenters. The maximum Gasteiger partial charge on any atom is 0.250 e. The van der Waals surface area contributed by atoms with Crippen molar-refractivity contribution in [3.05, 3.63) is 18.5 Å². The van der Waals surface area contributed by atoms with Crippen molar-refractivity contribution in [2.45, 2.75) is 20.0 Å². The molecule has 1 aromatic rings. The van der Waals surface area contributed by atoms with Gasteiger partial charge in [0.2, 0.25) is 5.91 Å². The molecule has 5 heteroatoms. The second kappa shape index (κ2) is 5.31. The Morgan fingerprint density at radius 2 is 2.33 bits per heavy atom. The van der Waals surface area contributed by atoms with Gasteiger partial charge in [-0.2, -0.15) is 0 Å². The van der Waals surface area contributed by atoms with E-state index in [0.717, 1.165) is 0 Å². The van der Waals surface area contributed by atoms with E-state index in [-0.39, 0.29) is 24.4 Å². The van der Waals surface area contributed by atoms with E-state index < -0.39 is 0 Å². The summed E-state index contributed by atoms with van der Waals surface area (Å²) in [5.41, 5.74) is 0.389. The zero-order valence-corrected chi connectivity index (χ0v) is 8.69. The van der Waals surface area contributed by atoms with Crippen LogP contribution in [0.4, 0.5) is 5.69 Å². The molecule has 0 spiro atoms. The molecule has 0 aliphatic carbocycles. The van der Waals surface area contributed by atoms with Gasteiger partial charge in [-0.1, -0.05) is 5.75 Å². The Hall–Kier alpha value is -1.62. The highest BCUT2D eigenvalue weighted by Gasteiger charge is 2.03. The summed E-state index contributed by atoms with van der Waals surface area (Å²) in [5.74, 6) is -0.534. The highest BCUT2D eigenvalue weighted by atomic mass is 16.5. The van der Waals surface area contributed by atoms with E-state index in [1.807, 2.05) is 13.8 Å². The zero-order valence-electron chi connectivity index (χ0n) is 8.69. The molecular weight excluding hydrogens is 196 g/mol. The average molecular weight is 209 g/mol. The molecule has 1 rings (SSSR count). The minimum Gasteiger partial charge on any atom is -0.871 e. The van der Waals surface area contributed by atoms with Crippen molar-refractivity contribution in [3.63, 3.8) is 0 Å². The normalized spacial score (nSPS) is 10.3. The largest absolute Gasteiger partial charge is 0.871 e. The molecule has 0 bridgehead atoms. The lowest BCUT2D eigenvalue weighted by Gasteiger charge is -2.10. The number of amides is 1. The third-order valence-corrected chi connectivity index (χ3v) is 1.54. The predicted molar refractivity (Wildman–Crippen MR) is 53.4 cm³/mol. The number of carbonyl (C=O) groups excluding carboxylic acids is 1. The monoisotopic (exact) mass is 209 g/mol. The van der Waals surface area contributed by atoms with Crippen LogP contribution in [-0.2, 0) is 9.53 Å². The van der Waals surface area contributed by atoms with Gasteiger partial charge in [-0.15, -0.1) is 0 Å². The summed E-state index contributed by atoms with van der Waals surface area (Å²) < 4.78 is 5.10. The number of anilines is 1. The second-order valence-electron chi connectivity index (χ2n) is 3.32. The zero-order chi connectivity index (χ0) is 11.3. The quantitative estimate of drug-likeness (QED) is 0.784. The van der Waals surface area contributed by atoms with Crippen molar-refractivity contribution in [2.24, 2.45) is 0 Å². The highest BCUT2D eigenvalue weighted by Crippen LogP contribution is 2.10. The molecule has 0 aliphatic heterocycles. The molecule has 1 amide bonds. The van der Waals surface area contributed by atoms with Crippen LogP contribution >= 0.6 is 0 Å². The van der Waals surface area contributed by atoms with Crippen molar-refractivity contribution in [3.8, 4) is 5.75 Å². The van der Waals surface area contributed by atoms with E-state index in [1.165, 1.54) is 18.5 Å². The molecule has 0 aromatic carbocycles. The fourth-order valence-corrected chi connectivity index (χ4v) is 0.927. The van der Waals surface area contributed by atoms with Crippen molar-refractivity contribution < 1.29 is 14.6 Å². The topological polar surface area (TPSA) is 74.3 Å². The van der Waals surface area contributed by atoms with Crippen LogP contribution in [0.3, 0.4) is 0 Å². The van der Waals surface area contributed by atoms with Gasteiger partial charge in [0.1, 0.15) is 6.61 Å². The Kier molecular flexibility index (Phi) is 4.05. The lowest BCUT2D eigenvalue weighted by Crippen LogP contribution is -2.20. The molecule has 0 radical (unpaired) electrons. The number of rotatable bonds is 4. The molecule has 1 aromatic heterocycles. The Labute approximate surface area is 88.1 Å². The molecular formula is C10H13N2O3-. The van der Waals surface area contributed by atoms with Crippen LogP contribution in [0.25, 0.3) is 0 Å². The lowest BCUT2D eigenvalue weighted by atomic mass is 10.4. The van der Waals surface area contributed by atoms with Gasteiger partial charge in [-0.3, -0.25) is 9.78 Å². The van der Waals surface area contributed by atoms with Crippen LogP contribution in [0.1, 0.15) is 13.8 Å². The first kappa shape index (κ1) is 11.5. The van der Waals surface area contributed by atoms with Gasteiger partial charge in [0, 0.05) is 6.20 Å². The molecule has 0 saturated carbocycles. The summed E-state index contributed by atoms with van der Waals surface area (Å²) in [7, 11) is 0. The number of aromatic nitrogens is 1. The Morgan fingerprint density at radius 1 is 1.60 bits per heavy atom. The Bertz CT molecular complexity index is 339. The third-order valence-electron chi connectivity index (χ3n) is 1.54. The number of pyridine rings is 1. The van der Waals surface area contributed by atoms with E-state index in [2.05, 4.69) is 10.3 Å². The van der Waals surface area contributed by atoms with E-state index in [0.29, 0.717) is 5.69 Å². The number of nitrogens with zero attached hydrogens (tertiary/aromatic N) is 1. The van der Waals surface area contributed by atoms with Gasteiger partial charge in [-0.25, -0.2) is 0 Å². The molecule has 1 N–H and O–H groups in total. The van der Waals surface area contributed by atoms with E-state index in [9.17, 15) is 9.90 Å². The molecule has 0 atom stereocenters. The van der Waals surface area contributed by atoms with Crippen LogP contribution < -0.4 is 10.4 Å². The van der Waals surface area contributed by atoms with Crippen molar-refractivity contribution >= 4 is 11.6 Å². The SMILES string of the molecule is CC(C)OCC(=O)Nc1cncc([O-])c1. The van der Waals surface area contributed by atoms with Crippen molar-refractivity contribution in [2.75, 3.05) is 11.9 Å². The highest BCUT2D eigenvalue weighted by molar-refractivity contribution is 5.91. The molecule has 5 nitrogen and oxygen atoms in total.